The molecule has 0 atom stereocenters. The minimum absolute atomic E-state index is 0.0426. The predicted molar refractivity (Wildman–Crippen MR) is 85.8 cm³/mol. The van der Waals surface area contributed by atoms with E-state index in [4.69, 9.17) is 0 Å². The minimum atomic E-state index is -0.120. The predicted octanol–water partition coefficient (Wildman–Crippen LogP) is 2.53. The summed E-state index contributed by atoms with van der Waals surface area (Å²) >= 11 is 0. The Hall–Kier alpha value is -2.56. The number of nitrogens with zero attached hydrogens (tertiary/aromatic N) is 4. The van der Waals surface area contributed by atoms with Crippen LogP contribution in [0.1, 0.15) is 32.2 Å². The molecule has 5 heteroatoms. The number of fused-ring (bicyclic) bond motifs is 1. The second kappa shape index (κ2) is 5.33. The second-order valence-corrected chi connectivity index (χ2v) is 6.32. The third-order valence-corrected chi connectivity index (χ3v) is 3.63. The molecular weight excluding hydrogens is 276 g/mol. The largest absolute Gasteiger partial charge is 0.275 e. The van der Waals surface area contributed by atoms with Gasteiger partial charge < -0.3 is 0 Å². The van der Waals surface area contributed by atoms with Crippen LogP contribution in [0.25, 0.3) is 10.8 Å². The van der Waals surface area contributed by atoms with Gasteiger partial charge in [-0.2, -0.15) is 5.10 Å². The molecular formula is C17H18N4O. The number of benzene rings is 1. The van der Waals surface area contributed by atoms with Gasteiger partial charge in [0.15, 0.2) is 0 Å². The van der Waals surface area contributed by atoms with Crippen molar-refractivity contribution in [2.45, 2.75) is 32.7 Å². The van der Waals surface area contributed by atoms with Gasteiger partial charge in [-0.05, 0) is 29.2 Å². The van der Waals surface area contributed by atoms with Crippen LogP contribution in [-0.4, -0.2) is 19.7 Å². The Labute approximate surface area is 128 Å². The van der Waals surface area contributed by atoms with Crippen molar-refractivity contribution < 1.29 is 0 Å². The molecule has 0 unspecified atom stereocenters. The molecule has 1 aromatic carbocycles. The molecule has 0 aliphatic heterocycles. The quantitative estimate of drug-likeness (QED) is 0.728. The topological polar surface area (TPSA) is 60.7 Å². The van der Waals surface area contributed by atoms with Crippen molar-refractivity contribution in [3.63, 3.8) is 0 Å². The highest BCUT2D eigenvalue weighted by atomic mass is 16.1. The maximum absolute atomic E-state index is 12.5. The summed E-state index contributed by atoms with van der Waals surface area (Å²) in [7, 11) is 0. The summed E-state index contributed by atoms with van der Waals surface area (Å²) in [5.74, 6) is 0.572. The fraction of sp³-hybridized carbons (Fsp3) is 0.294. The van der Waals surface area contributed by atoms with Gasteiger partial charge in [0.2, 0.25) is 0 Å². The van der Waals surface area contributed by atoms with Crippen LogP contribution in [0.15, 0.2) is 47.7 Å². The van der Waals surface area contributed by atoms with Gasteiger partial charge in [0, 0.05) is 17.8 Å². The number of aromatic nitrogens is 4. The zero-order valence-electron chi connectivity index (χ0n) is 12.9. The molecule has 0 amide bonds. The van der Waals surface area contributed by atoms with E-state index in [1.807, 2.05) is 18.2 Å². The minimum Gasteiger partial charge on any atom is -0.267 e. The average molecular weight is 294 g/mol. The first-order valence-electron chi connectivity index (χ1n) is 7.21. The van der Waals surface area contributed by atoms with Gasteiger partial charge in [0.1, 0.15) is 12.4 Å². The van der Waals surface area contributed by atoms with Gasteiger partial charge in [-0.25, -0.2) is 14.6 Å². The molecule has 3 rings (SSSR count). The number of rotatable bonds is 2. The van der Waals surface area contributed by atoms with Crippen molar-refractivity contribution in [1.82, 2.24) is 19.7 Å². The Morgan fingerprint density at radius 3 is 2.55 bits per heavy atom. The molecule has 2 aromatic heterocycles. The summed E-state index contributed by atoms with van der Waals surface area (Å²) in [6.07, 6.45) is 5.04. The SMILES string of the molecule is CC(C)(C)c1ccc2c(=O)n(Cc3ncccn3)ncc2c1. The first-order chi connectivity index (χ1) is 10.4. The van der Waals surface area contributed by atoms with E-state index in [0.29, 0.717) is 11.2 Å². The van der Waals surface area contributed by atoms with Gasteiger partial charge in [0.25, 0.3) is 5.56 Å². The Morgan fingerprint density at radius 2 is 1.86 bits per heavy atom. The number of hydrogen-bond acceptors (Lipinski definition) is 4. The summed E-state index contributed by atoms with van der Waals surface area (Å²) in [6, 6.07) is 7.66. The lowest BCUT2D eigenvalue weighted by Gasteiger charge is -2.19. The van der Waals surface area contributed by atoms with E-state index < -0.39 is 0 Å². The van der Waals surface area contributed by atoms with E-state index in [2.05, 4.69) is 35.8 Å². The van der Waals surface area contributed by atoms with E-state index in [9.17, 15) is 4.79 Å². The molecule has 0 saturated carbocycles. The van der Waals surface area contributed by atoms with E-state index >= 15 is 0 Å². The molecule has 0 saturated heterocycles. The third-order valence-electron chi connectivity index (χ3n) is 3.63. The van der Waals surface area contributed by atoms with Crippen molar-refractivity contribution in [2.75, 3.05) is 0 Å². The van der Waals surface area contributed by atoms with Crippen molar-refractivity contribution in [3.05, 3.63) is 64.6 Å². The molecule has 112 valence electrons. The van der Waals surface area contributed by atoms with Crippen LogP contribution in [-0.2, 0) is 12.0 Å². The lowest BCUT2D eigenvalue weighted by molar-refractivity contribution is 0.590. The average Bonchev–Trinajstić information content (AvgIpc) is 2.50. The molecule has 0 aliphatic carbocycles. The molecule has 0 N–H and O–H groups in total. The third kappa shape index (κ3) is 2.74. The zero-order valence-corrected chi connectivity index (χ0v) is 12.9. The van der Waals surface area contributed by atoms with Gasteiger partial charge in [-0.15, -0.1) is 0 Å². The molecule has 2 heterocycles. The highest BCUT2D eigenvalue weighted by Crippen LogP contribution is 2.24. The lowest BCUT2D eigenvalue weighted by atomic mass is 9.86. The fourth-order valence-electron chi connectivity index (χ4n) is 2.31. The summed E-state index contributed by atoms with van der Waals surface area (Å²) in [5.41, 5.74) is 1.11. The summed E-state index contributed by atoms with van der Waals surface area (Å²) in [5, 5.41) is 5.78. The monoisotopic (exact) mass is 294 g/mol. The van der Waals surface area contributed by atoms with E-state index in [0.717, 1.165) is 5.39 Å². The second-order valence-electron chi connectivity index (χ2n) is 6.32. The van der Waals surface area contributed by atoms with Crippen molar-refractivity contribution in [3.8, 4) is 0 Å². The van der Waals surface area contributed by atoms with Crippen LogP contribution in [0.3, 0.4) is 0 Å². The summed E-state index contributed by atoms with van der Waals surface area (Å²) < 4.78 is 1.40. The smallest absolute Gasteiger partial charge is 0.267 e. The molecule has 0 spiro atoms. The van der Waals surface area contributed by atoms with Crippen LogP contribution in [0.2, 0.25) is 0 Å². The van der Waals surface area contributed by atoms with Crippen LogP contribution in [0.5, 0.6) is 0 Å². The van der Waals surface area contributed by atoms with E-state index in [-0.39, 0.29) is 17.5 Å². The Morgan fingerprint density at radius 1 is 1.14 bits per heavy atom. The number of hydrogen-bond donors (Lipinski definition) is 0. The molecule has 22 heavy (non-hydrogen) atoms. The van der Waals surface area contributed by atoms with E-state index in [1.165, 1.54) is 10.2 Å². The van der Waals surface area contributed by atoms with Crippen molar-refractivity contribution >= 4 is 10.8 Å². The van der Waals surface area contributed by atoms with Crippen LogP contribution >= 0.6 is 0 Å². The molecule has 0 fully saturated rings. The summed E-state index contributed by atoms with van der Waals surface area (Å²) in [6.45, 7) is 6.72. The first kappa shape index (κ1) is 14.4. The molecule has 5 nitrogen and oxygen atoms in total. The molecule has 3 aromatic rings. The standard InChI is InChI=1S/C17H18N4O/c1-17(2,3)13-5-6-14-12(9-13)10-20-21(16(14)22)11-15-18-7-4-8-19-15/h4-10H,11H2,1-3H3. The van der Waals surface area contributed by atoms with Gasteiger partial charge in [-0.3, -0.25) is 4.79 Å². The fourth-order valence-corrected chi connectivity index (χ4v) is 2.31. The Balaban J connectivity index is 2.05. The summed E-state index contributed by atoms with van der Waals surface area (Å²) in [4.78, 5) is 20.8. The highest BCUT2D eigenvalue weighted by molar-refractivity contribution is 5.81. The molecule has 0 bridgehead atoms. The van der Waals surface area contributed by atoms with Crippen molar-refractivity contribution in [1.29, 1.82) is 0 Å². The Kier molecular flexibility index (Phi) is 3.48. The van der Waals surface area contributed by atoms with Gasteiger partial charge in [-0.1, -0.05) is 26.8 Å². The molecule has 0 radical (unpaired) electrons. The van der Waals surface area contributed by atoms with Crippen LogP contribution < -0.4 is 5.56 Å². The normalized spacial score (nSPS) is 11.8. The van der Waals surface area contributed by atoms with Crippen LogP contribution in [0.4, 0.5) is 0 Å². The van der Waals surface area contributed by atoms with Crippen molar-refractivity contribution in [2.24, 2.45) is 0 Å². The van der Waals surface area contributed by atoms with Gasteiger partial charge >= 0.3 is 0 Å². The highest BCUT2D eigenvalue weighted by Gasteiger charge is 2.15. The molecule has 0 aliphatic rings. The lowest BCUT2D eigenvalue weighted by Crippen LogP contribution is -2.24. The van der Waals surface area contributed by atoms with E-state index in [1.54, 1.807) is 24.7 Å². The maximum atomic E-state index is 12.5. The zero-order chi connectivity index (χ0) is 15.7. The maximum Gasteiger partial charge on any atom is 0.275 e. The van der Waals surface area contributed by atoms with Crippen LogP contribution in [0, 0.1) is 0 Å². The first-order valence-corrected chi connectivity index (χ1v) is 7.21. The van der Waals surface area contributed by atoms with Gasteiger partial charge in [0.05, 0.1) is 11.6 Å². The Bertz CT molecular complexity index is 863.